The smallest absolute Gasteiger partial charge is 0.477 e. The van der Waals surface area contributed by atoms with Crippen molar-refractivity contribution in [3.8, 4) is 11.4 Å². The molecule has 1 heterocycles. The highest BCUT2D eigenvalue weighted by Gasteiger charge is 2.31. The van der Waals surface area contributed by atoms with E-state index in [-0.39, 0.29) is 11.4 Å². The van der Waals surface area contributed by atoms with Crippen LogP contribution in [0.15, 0.2) is 42.6 Å². The Morgan fingerprint density at radius 2 is 1.95 bits per heavy atom. The van der Waals surface area contributed by atoms with E-state index in [4.69, 9.17) is 5.11 Å². The SMILES string of the molecule is O=C(O)c1cccn1-c1cccc(OC(F)(F)F)c1. The summed E-state index contributed by atoms with van der Waals surface area (Å²) in [5.74, 6) is -1.58. The van der Waals surface area contributed by atoms with Crippen molar-refractivity contribution in [2.45, 2.75) is 6.36 Å². The topological polar surface area (TPSA) is 51.5 Å². The second-order valence-electron chi connectivity index (χ2n) is 3.61. The van der Waals surface area contributed by atoms with Gasteiger partial charge in [0.1, 0.15) is 11.4 Å². The summed E-state index contributed by atoms with van der Waals surface area (Å²) >= 11 is 0. The molecule has 1 aromatic carbocycles. The highest BCUT2D eigenvalue weighted by atomic mass is 19.4. The molecular formula is C12H8F3NO3. The lowest BCUT2D eigenvalue weighted by atomic mass is 10.3. The van der Waals surface area contributed by atoms with Gasteiger partial charge >= 0.3 is 12.3 Å². The summed E-state index contributed by atoms with van der Waals surface area (Å²) in [6.07, 6.45) is -3.35. The molecule has 2 rings (SSSR count). The van der Waals surface area contributed by atoms with Gasteiger partial charge in [-0.15, -0.1) is 13.2 Å². The number of carboxylic acid groups (broad SMARTS) is 1. The zero-order valence-corrected chi connectivity index (χ0v) is 9.39. The minimum absolute atomic E-state index is 0.0517. The second-order valence-corrected chi connectivity index (χ2v) is 3.61. The van der Waals surface area contributed by atoms with Gasteiger partial charge < -0.3 is 14.4 Å². The minimum atomic E-state index is -4.79. The lowest BCUT2D eigenvalue weighted by Crippen LogP contribution is -2.17. The molecule has 0 fully saturated rings. The Labute approximate surface area is 105 Å². The van der Waals surface area contributed by atoms with Crippen LogP contribution in [0.25, 0.3) is 5.69 Å². The molecule has 0 atom stereocenters. The monoisotopic (exact) mass is 271 g/mol. The summed E-state index contributed by atoms with van der Waals surface area (Å²) < 4.78 is 41.3. The molecule has 100 valence electrons. The third-order valence-corrected chi connectivity index (χ3v) is 2.30. The number of alkyl halides is 3. The Morgan fingerprint density at radius 1 is 1.21 bits per heavy atom. The highest BCUT2D eigenvalue weighted by Crippen LogP contribution is 2.25. The van der Waals surface area contributed by atoms with E-state index in [0.29, 0.717) is 0 Å². The minimum Gasteiger partial charge on any atom is -0.477 e. The zero-order chi connectivity index (χ0) is 14.0. The number of aromatic carboxylic acids is 1. The van der Waals surface area contributed by atoms with Crippen LogP contribution in [0.5, 0.6) is 5.75 Å². The van der Waals surface area contributed by atoms with Gasteiger partial charge in [0.05, 0.1) is 0 Å². The Bertz CT molecular complexity index is 604. The van der Waals surface area contributed by atoms with Crippen LogP contribution < -0.4 is 4.74 Å². The molecule has 0 aliphatic rings. The number of rotatable bonds is 3. The normalized spacial score (nSPS) is 11.3. The molecule has 0 radical (unpaired) electrons. The van der Waals surface area contributed by atoms with Crippen molar-refractivity contribution in [2.24, 2.45) is 0 Å². The molecule has 0 unspecified atom stereocenters. The quantitative estimate of drug-likeness (QED) is 0.933. The van der Waals surface area contributed by atoms with Crippen LogP contribution >= 0.6 is 0 Å². The molecule has 19 heavy (non-hydrogen) atoms. The van der Waals surface area contributed by atoms with E-state index in [1.165, 1.54) is 35.0 Å². The van der Waals surface area contributed by atoms with Gasteiger partial charge in [0.25, 0.3) is 0 Å². The van der Waals surface area contributed by atoms with Crippen LogP contribution in [0, 0.1) is 0 Å². The summed E-state index contributed by atoms with van der Waals surface area (Å²) in [6, 6.07) is 7.92. The summed E-state index contributed by atoms with van der Waals surface area (Å²) in [5.41, 5.74) is 0.216. The van der Waals surface area contributed by atoms with Crippen molar-refractivity contribution < 1.29 is 27.8 Å². The van der Waals surface area contributed by atoms with E-state index in [2.05, 4.69) is 4.74 Å². The first-order valence-corrected chi connectivity index (χ1v) is 5.14. The number of carboxylic acids is 1. The van der Waals surface area contributed by atoms with Gasteiger partial charge in [0.2, 0.25) is 0 Å². The van der Waals surface area contributed by atoms with Crippen LogP contribution in [0.4, 0.5) is 13.2 Å². The Balaban J connectivity index is 2.38. The fraction of sp³-hybridized carbons (Fsp3) is 0.0833. The number of ether oxygens (including phenoxy) is 1. The maximum atomic E-state index is 12.1. The van der Waals surface area contributed by atoms with Gasteiger partial charge in [0, 0.05) is 18.0 Å². The van der Waals surface area contributed by atoms with E-state index in [0.717, 1.165) is 12.1 Å². The average Bonchev–Trinajstić information content (AvgIpc) is 2.75. The first-order chi connectivity index (χ1) is 8.87. The molecule has 0 bridgehead atoms. The van der Waals surface area contributed by atoms with E-state index in [1.807, 2.05) is 0 Å². The van der Waals surface area contributed by atoms with E-state index >= 15 is 0 Å². The molecule has 0 aliphatic heterocycles. The van der Waals surface area contributed by atoms with Crippen LogP contribution in [0.2, 0.25) is 0 Å². The summed E-state index contributed by atoms with van der Waals surface area (Å²) in [7, 11) is 0. The van der Waals surface area contributed by atoms with Crippen LogP contribution in [-0.2, 0) is 0 Å². The maximum absolute atomic E-state index is 12.1. The van der Waals surface area contributed by atoms with Crippen LogP contribution in [-0.4, -0.2) is 22.0 Å². The van der Waals surface area contributed by atoms with Gasteiger partial charge in [-0.25, -0.2) is 4.79 Å². The fourth-order valence-corrected chi connectivity index (χ4v) is 1.61. The predicted octanol–water partition coefficient (Wildman–Crippen LogP) is 3.07. The average molecular weight is 271 g/mol. The lowest BCUT2D eigenvalue weighted by molar-refractivity contribution is -0.274. The maximum Gasteiger partial charge on any atom is 0.573 e. The van der Waals surface area contributed by atoms with Crippen molar-refractivity contribution in [1.29, 1.82) is 0 Å². The summed E-state index contributed by atoms with van der Waals surface area (Å²) in [6.45, 7) is 0. The van der Waals surface area contributed by atoms with Crippen LogP contribution in [0.1, 0.15) is 10.5 Å². The Hall–Kier alpha value is -2.44. The molecule has 0 saturated heterocycles. The molecule has 7 heteroatoms. The van der Waals surface area contributed by atoms with Gasteiger partial charge in [0.15, 0.2) is 0 Å². The third kappa shape index (κ3) is 3.06. The number of hydrogen-bond donors (Lipinski definition) is 1. The Morgan fingerprint density at radius 3 is 2.58 bits per heavy atom. The Kier molecular flexibility index (Phi) is 3.20. The van der Waals surface area contributed by atoms with E-state index < -0.39 is 18.1 Å². The molecule has 0 spiro atoms. The fourth-order valence-electron chi connectivity index (χ4n) is 1.61. The number of aromatic nitrogens is 1. The molecule has 4 nitrogen and oxygen atoms in total. The third-order valence-electron chi connectivity index (χ3n) is 2.30. The first-order valence-electron chi connectivity index (χ1n) is 5.14. The standard InChI is InChI=1S/C12H8F3NO3/c13-12(14,15)19-9-4-1-3-8(7-9)16-6-2-5-10(16)11(17)18/h1-7H,(H,17,18). The molecule has 2 aromatic rings. The predicted molar refractivity (Wildman–Crippen MR) is 59.4 cm³/mol. The largest absolute Gasteiger partial charge is 0.573 e. The molecule has 0 amide bonds. The van der Waals surface area contributed by atoms with Gasteiger partial charge in [-0.05, 0) is 24.3 Å². The van der Waals surface area contributed by atoms with Gasteiger partial charge in [-0.2, -0.15) is 0 Å². The van der Waals surface area contributed by atoms with Gasteiger partial charge in [-0.1, -0.05) is 6.07 Å². The van der Waals surface area contributed by atoms with Crippen molar-refractivity contribution >= 4 is 5.97 Å². The van der Waals surface area contributed by atoms with Crippen molar-refractivity contribution in [1.82, 2.24) is 4.57 Å². The molecule has 1 N–H and O–H groups in total. The number of hydrogen-bond acceptors (Lipinski definition) is 2. The van der Waals surface area contributed by atoms with Crippen LogP contribution in [0.3, 0.4) is 0 Å². The van der Waals surface area contributed by atoms with Crippen molar-refractivity contribution in [3.05, 3.63) is 48.3 Å². The van der Waals surface area contributed by atoms with E-state index in [1.54, 1.807) is 0 Å². The summed E-state index contributed by atoms with van der Waals surface area (Å²) in [5, 5.41) is 8.94. The van der Waals surface area contributed by atoms with Gasteiger partial charge in [-0.3, -0.25) is 0 Å². The molecule has 0 aliphatic carbocycles. The lowest BCUT2D eigenvalue weighted by Gasteiger charge is -2.11. The van der Waals surface area contributed by atoms with Crippen molar-refractivity contribution in [2.75, 3.05) is 0 Å². The molecule has 0 saturated carbocycles. The molecular weight excluding hydrogens is 263 g/mol. The first kappa shape index (κ1) is 13.0. The summed E-state index contributed by atoms with van der Waals surface area (Å²) in [4.78, 5) is 10.9. The second kappa shape index (κ2) is 4.68. The van der Waals surface area contributed by atoms with Crippen molar-refractivity contribution in [3.63, 3.8) is 0 Å². The number of nitrogens with zero attached hydrogens (tertiary/aromatic N) is 1. The van der Waals surface area contributed by atoms with E-state index in [9.17, 15) is 18.0 Å². The number of halogens is 3. The zero-order valence-electron chi connectivity index (χ0n) is 9.39. The highest BCUT2D eigenvalue weighted by molar-refractivity contribution is 5.86. The molecule has 1 aromatic heterocycles. The number of benzene rings is 1. The number of carbonyl (C=O) groups is 1.